The minimum atomic E-state index is -0.728. The van der Waals surface area contributed by atoms with Crippen molar-refractivity contribution in [2.75, 3.05) is 6.61 Å². The van der Waals surface area contributed by atoms with Crippen molar-refractivity contribution < 1.29 is 18.7 Å². The van der Waals surface area contributed by atoms with Crippen LogP contribution in [0.1, 0.15) is 20.8 Å². The Kier molecular flexibility index (Phi) is 3.65. The van der Waals surface area contributed by atoms with Gasteiger partial charge in [-0.2, -0.15) is 0 Å². The van der Waals surface area contributed by atoms with E-state index in [2.05, 4.69) is 4.98 Å². The first-order valence-corrected chi connectivity index (χ1v) is 6.54. The number of esters is 1. The average Bonchev–Trinajstić information content (AvgIpc) is 2.97. The Labute approximate surface area is 125 Å². The number of ether oxygens (including phenoxy) is 1. The zero-order valence-corrected chi connectivity index (χ0v) is 11.4. The van der Waals surface area contributed by atoms with Crippen LogP contribution in [0.4, 0.5) is 4.39 Å². The number of aromatic nitrogens is 2. The van der Waals surface area contributed by atoms with Gasteiger partial charge in [0.05, 0.1) is 5.56 Å². The van der Waals surface area contributed by atoms with Gasteiger partial charge in [0.1, 0.15) is 11.5 Å². The number of carbonyl (C=O) groups is 2. The fourth-order valence-corrected chi connectivity index (χ4v) is 2.00. The number of halogens is 1. The van der Waals surface area contributed by atoms with Crippen LogP contribution in [0, 0.1) is 5.82 Å². The van der Waals surface area contributed by atoms with E-state index in [9.17, 15) is 14.0 Å². The molecule has 0 saturated heterocycles. The fraction of sp³-hybridized carbons (Fsp3) is 0.0625. The van der Waals surface area contributed by atoms with Crippen molar-refractivity contribution in [3.05, 3.63) is 71.9 Å². The summed E-state index contributed by atoms with van der Waals surface area (Å²) in [7, 11) is 0. The monoisotopic (exact) mass is 298 g/mol. The van der Waals surface area contributed by atoms with Crippen molar-refractivity contribution in [1.29, 1.82) is 0 Å². The Hall–Kier alpha value is -3.02. The summed E-state index contributed by atoms with van der Waals surface area (Å²) < 4.78 is 20.0. The summed E-state index contributed by atoms with van der Waals surface area (Å²) >= 11 is 0. The molecule has 0 unspecified atom stereocenters. The first-order chi connectivity index (χ1) is 10.6. The molecule has 0 fully saturated rings. The van der Waals surface area contributed by atoms with E-state index in [1.54, 1.807) is 34.9 Å². The lowest BCUT2D eigenvalue weighted by molar-refractivity contribution is 0.0468. The lowest BCUT2D eigenvalue weighted by Gasteiger charge is -2.03. The second kappa shape index (κ2) is 5.77. The molecule has 5 nitrogen and oxygen atoms in total. The standard InChI is InChI=1S/C16H11FN2O3/c17-12-6-2-1-5-11(12)14(20)10-22-16(21)13-9-19-8-4-3-7-15(19)18-13/h1-9H,10H2. The van der Waals surface area contributed by atoms with Crippen LogP contribution in [0.5, 0.6) is 0 Å². The van der Waals surface area contributed by atoms with Gasteiger partial charge < -0.3 is 9.14 Å². The Balaban J connectivity index is 1.69. The molecule has 0 radical (unpaired) electrons. The van der Waals surface area contributed by atoms with Crippen molar-refractivity contribution in [2.45, 2.75) is 0 Å². The third-order valence-electron chi connectivity index (χ3n) is 3.08. The molecule has 3 aromatic rings. The maximum absolute atomic E-state index is 13.5. The van der Waals surface area contributed by atoms with Gasteiger partial charge in [0.15, 0.2) is 12.3 Å². The molecule has 2 heterocycles. The summed E-state index contributed by atoms with van der Waals surface area (Å²) in [6.07, 6.45) is 3.24. The van der Waals surface area contributed by atoms with Gasteiger partial charge in [-0.25, -0.2) is 14.2 Å². The second-order valence-corrected chi connectivity index (χ2v) is 4.57. The van der Waals surface area contributed by atoms with Crippen LogP contribution in [0.15, 0.2) is 54.9 Å². The number of imidazole rings is 1. The molecule has 110 valence electrons. The van der Waals surface area contributed by atoms with Gasteiger partial charge in [0.25, 0.3) is 0 Å². The van der Waals surface area contributed by atoms with E-state index >= 15 is 0 Å². The molecule has 0 aliphatic carbocycles. The molecule has 0 atom stereocenters. The highest BCUT2D eigenvalue weighted by Gasteiger charge is 2.16. The van der Waals surface area contributed by atoms with Crippen LogP contribution in [-0.4, -0.2) is 27.7 Å². The summed E-state index contributed by atoms with van der Waals surface area (Å²) in [6.45, 7) is -0.534. The fourth-order valence-electron chi connectivity index (χ4n) is 2.00. The quantitative estimate of drug-likeness (QED) is 0.548. The van der Waals surface area contributed by atoms with Crippen molar-refractivity contribution in [2.24, 2.45) is 0 Å². The molecule has 0 spiro atoms. The molecule has 1 aromatic carbocycles. The van der Waals surface area contributed by atoms with Gasteiger partial charge in [-0.1, -0.05) is 18.2 Å². The molecule has 6 heteroatoms. The normalized spacial score (nSPS) is 10.6. The average molecular weight is 298 g/mol. The van der Waals surface area contributed by atoms with E-state index in [0.29, 0.717) is 5.65 Å². The molecule has 0 bridgehead atoms. The van der Waals surface area contributed by atoms with E-state index in [1.165, 1.54) is 24.4 Å². The number of hydrogen-bond donors (Lipinski definition) is 0. The molecule has 0 saturated carbocycles. The Morgan fingerprint density at radius 1 is 1.14 bits per heavy atom. The Morgan fingerprint density at radius 2 is 1.91 bits per heavy atom. The van der Waals surface area contributed by atoms with E-state index < -0.39 is 24.2 Å². The topological polar surface area (TPSA) is 60.7 Å². The van der Waals surface area contributed by atoms with Gasteiger partial charge in [-0.3, -0.25) is 4.79 Å². The molecular formula is C16H11FN2O3. The van der Waals surface area contributed by atoms with Crippen molar-refractivity contribution in [1.82, 2.24) is 9.38 Å². The van der Waals surface area contributed by atoms with E-state index in [4.69, 9.17) is 4.74 Å². The predicted octanol–water partition coefficient (Wildman–Crippen LogP) is 2.51. The van der Waals surface area contributed by atoms with Gasteiger partial charge in [-0.15, -0.1) is 0 Å². The molecule has 0 N–H and O–H groups in total. The largest absolute Gasteiger partial charge is 0.453 e. The van der Waals surface area contributed by atoms with E-state index in [-0.39, 0.29) is 11.3 Å². The van der Waals surface area contributed by atoms with Crippen molar-refractivity contribution in [3.8, 4) is 0 Å². The number of hydrogen-bond acceptors (Lipinski definition) is 4. The summed E-state index contributed by atoms with van der Waals surface area (Å²) in [5.74, 6) is -1.97. The van der Waals surface area contributed by atoms with Crippen molar-refractivity contribution >= 4 is 17.4 Å². The summed E-state index contributed by atoms with van der Waals surface area (Å²) in [5.41, 5.74) is 0.577. The molecule has 22 heavy (non-hydrogen) atoms. The zero-order valence-electron chi connectivity index (χ0n) is 11.4. The number of ketones is 1. The van der Waals surface area contributed by atoms with Gasteiger partial charge in [-0.05, 0) is 24.3 Å². The number of rotatable bonds is 4. The number of pyridine rings is 1. The van der Waals surface area contributed by atoms with Gasteiger partial charge >= 0.3 is 5.97 Å². The maximum atomic E-state index is 13.5. The Morgan fingerprint density at radius 3 is 2.68 bits per heavy atom. The van der Waals surface area contributed by atoms with E-state index in [1.807, 2.05) is 0 Å². The van der Waals surface area contributed by atoms with Crippen LogP contribution < -0.4 is 0 Å². The molecule has 0 aliphatic heterocycles. The number of benzene rings is 1. The zero-order chi connectivity index (χ0) is 15.5. The first-order valence-electron chi connectivity index (χ1n) is 6.54. The number of Topliss-reactive ketones (excluding diaryl/α,β-unsaturated/α-hetero) is 1. The van der Waals surface area contributed by atoms with Crippen LogP contribution in [-0.2, 0) is 4.74 Å². The first kappa shape index (κ1) is 13.9. The molecule has 2 aromatic heterocycles. The number of nitrogens with zero attached hydrogens (tertiary/aromatic N) is 2. The number of fused-ring (bicyclic) bond motifs is 1. The molecule has 3 rings (SSSR count). The summed E-state index contributed by atoms with van der Waals surface area (Å²) in [5, 5.41) is 0. The lowest BCUT2D eigenvalue weighted by atomic mass is 10.1. The summed E-state index contributed by atoms with van der Waals surface area (Å²) in [4.78, 5) is 27.8. The third kappa shape index (κ3) is 2.71. The molecule has 0 amide bonds. The highest BCUT2D eigenvalue weighted by molar-refractivity contribution is 5.99. The third-order valence-corrected chi connectivity index (χ3v) is 3.08. The van der Waals surface area contributed by atoms with Gasteiger partial charge in [0, 0.05) is 12.4 Å². The number of carbonyl (C=O) groups excluding carboxylic acids is 2. The SMILES string of the molecule is O=C(OCC(=O)c1ccccc1F)c1cn2ccccc2n1. The van der Waals surface area contributed by atoms with Crippen LogP contribution in [0.2, 0.25) is 0 Å². The van der Waals surface area contributed by atoms with Crippen molar-refractivity contribution in [3.63, 3.8) is 0 Å². The minimum Gasteiger partial charge on any atom is -0.453 e. The van der Waals surface area contributed by atoms with E-state index in [0.717, 1.165) is 0 Å². The van der Waals surface area contributed by atoms with Gasteiger partial charge in [0.2, 0.25) is 5.78 Å². The molecular weight excluding hydrogens is 287 g/mol. The van der Waals surface area contributed by atoms with Crippen LogP contribution in [0.25, 0.3) is 5.65 Å². The predicted molar refractivity (Wildman–Crippen MR) is 76.2 cm³/mol. The Bertz CT molecular complexity index is 824. The minimum absolute atomic E-state index is 0.0903. The summed E-state index contributed by atoms with van der Waals surface area (Å²) in [6, 6.07) is 10.9. The maximum Gasteiger partial charge on any atom is 0.359 e. The highest BCUT2D eigenvalue weighted by atomic mass is 19.1. The second-order valence-electron chi connectivity index (χ2n) is 4.57. The highest BCUT2D eigenvalue weighted by Crippen LogP contribution is 2.09. The lowest BCUT2D eigenvalue weighted by Crippen LogP contribution is -2.15. The van der Waals surface area contributed by atoms with Crippen LogP contribution in [0.3, 0.4) is 0 Å². The van der Waals surface area contributed by atoms with Crippen LogP contribution >= 0.6 is 0 Å². The molecule has 0 aliphatic rings. The smallest absolute Gasteiger partial charge is 0.359 e.